The third kappa shape index (κ3) is 7.51. The first-order chi connectivity index (χ1) is 10.8. The van der Waals surface area contributed by atoms with Crippen molar-refractivity contribution in [2.45, 2.75) is 39.7 Å². The minimum absolute atomic E-state index is 0.646. The zero-order chi connectivity index (χ0) is 16.1. The molecular formula is C17H31NO3Si. The van der Waals surface area contributed by atoms with E-state index in [0.717, 1.165) is 32.0 Å². The van der Waals surface area contributed by atoms with Gasteiger partial charge in [-0.05, 0) is 52.3 Å². The third-order valence-electron chi connectivity index (χ3n) is 3.36. The first-order valence-electron chi connectivity index (χ1n) is 8.42. The summed E-state index contributed by atoms with van der Waals surface area (Å²) in [5.41, 5.74) is 1.37. The van der Waals surface area contributed by atoms with E-state index in [1.165, 1.54) is 5.56 Å². The minimum atomic E-state index is -2.46. The summed E-state index contributed by atoms with van der Waals surface area (Å²) in [4.78, 5) is 0. The molecule has 4 nitrogen and oxygen atoms in total. The van der Waals surface area contributed by atoms with Gasteiger partial charge in [0.25, 0.3) is 0 Å². The molecular weight excluding hydrogens is 294 g/mol. The second-order valence-corrected chi connectivity index (χ2v) is 7.80. The second-order valence-electron chi connectivity index (χ2n) is 5.07. The molecule has 0 aliphatic carbocycles. The van der Waals surface area contributed by atoms with Crippen LogP contribution in [0.1, 0.15) is 32.8 Å². The fraction of sp³-hybridized carbons (Fsp3) is 0.647. The van der Waals surface area contributed by atoms with Crippen molar-refractivity contribution in [1.29, 1.82) is 0 Å². The predicted octanol–water partition coefficient (Wildman–Crippen LogP) is 3.26. The van der Waals surface area contributed by atoms with E-state index in [-0.39, 0.29) is 0 Å². The molecule has 0 amide bonds. The summed E-state index contributed by atoms with van der Waals surface area (Å²) in [7, 11) is -2.46. The SMILES string of the molecule is CCO[Si](CCCNCCc1ccccc1)(OCC)OCC. The van der Waals surface area contributed by atoms with Crippen LogP contribution in [0, 0.1) is 0 Å². The van der Waals surface area contributed by atoms with Crippen LogP contribution >= 0.6 is 0 Å². The Kier molecular flexibility index (Phi) is 10.4. The highest BCUT2D eigenvalue weighted by Gasteiger charge is 2.39. The van der Waals surface area contributed by atoms with E-state index in [2.05, 4.69) is 35.6 Å². The van der Waals surface area contributed by atoms with Crippen molar-refractivity contribution in [1.82, 2.24) is 5.32 Å². The summed E-state index contributed by atoms with van der Waals surface area (Å²) in [5, 5.41) is 3.49. The van der Waals surface area contributed by atoms with Crippen molar-refractivity contribution < 1.29 is 13.3 Å². The summed E-state index contributed by atoms with van der Waals surface area (Å²) in [6.45, 7) is 9.90. The van der Waals surface area contributed by atoms with E-state index >= 15 is 0 Å². The molecule has 0 aliphatic rings. The highest BCUT2D eigenvalue weighted by Crippen LogP contribution is 2.17. The Hall–Kier alpha value is -0.723. The average Bonchev–Trinajstić information content (AvgIpc) is 2.52. The van der Waals surface area contributed by atoms with E-state index in [1.54, 1.807) is 0 Å². The van der Waals surface area contributed by atoms with Crippen molar-refractivity contribution in [2.75, 3.05) is 32.9 Å². The van der Waals surface area contributed by atoms with Gasteiger partial charge in [0.2, 0.25) is 0 Å². The predicted molar refractivity (Wildman–Crippen MR) is 93.1 cm³/mol. The molecule has 0 spiro atoms. The van der Waals surface area contributed by atoms with Gasteiger partial charge in [-0.15, -0.1) is 0 Å². The van der Waals surface area contributed by atoms with Crippen LogP contribution in [0.3, 0.4) is 0 Å². The van der Waals surface area contributed by atoms with Crippen LogP contribution in [-0.2, 0) is 19.7 Å². The number of hydrogen-bond acceptors (Lipinski definition) is 4. The number of nitrogens with one attached hydrogen (secondary N) is 1. The van der Waals surface area contributed by atoms with Crippen LogP contribution in [0.15, 0.2) is 30.3 Å². The highest BCUT2D eigenvalue weighted by atomic mass is 28.4. The average molecular weight is 326 g/mol. The number of rotatable bonds is 13. The molecule has 5 heteroatoms. The molecule has 0 bridgehead atoms. The number of hydrogen-bond donors (Lipinski definition) is 1. The summed E-state index contributed by atoms with van der Waals surface area (Å²) >= 11 is 0. The summed E-state index contributed by atoms with van der Waals surface area (Å²) in [6.07, 6.45) is 2.08. The minimum Gasteiger partial charge on any atom is -0.374 e. The van der Waals surface area contributed by atoms with E-state index in [4.69, 9.17) is 13.3 Å². The molecule has 22 heavy (non-hydrogen) atoms. The molecule has 0 saturated carbocycles. The van der Waals surface area contributed by atoms with E-state index in [9.17, 15) is 0 Å². The van der Waals surface area contributed by atoms with E-state index in [0.29, 0.717) is 19.8 Å². The second kappa shape index (κ2) is 11.8. The van der Waals surface area contributed by atoms with Crippen LogP contribution in [0.5, 0.6) is 0 Å². The van der Waals surface area contributed by atoms with Crippen molar-refractivity contribution in [3.63, 3.8) is 0 Å². The lowest BCUT2D eigenvalue weighted by Gasteiger charge is -2.28. The fourth-order valence-corrected chi connectivity index (χ4v) is 5.05. The van der Waals surface area contributed by atoms with Crippen LogP contribution in [0.2, 0.25) is 6.04 Å². The Morgan fingerprint density at radius 3 is 2.00 bits per heavy atom. The summed E-state index contributed by atoms with van der Waals surface area (Å²) in [5.74, 6) is 0. The zero-order valence-electron chi connectivity index (χ0n) is 14.3. The Labute approximate surface area is 136 Å². The Balaban J connectivity index is 2.24. The van der Waals surface area contributed by atoms with Crippen LogP contribution in [-0.4, -0.2) is 41.7 Å². The molecule has 0 saturated heterocycles. The maximum atomic E-state index is 5.85. The topological polar surface area (TPSA) is 39.7 Å². The van der Waals surface area contributed by atoms with Gasteiger partial charge in [0.1, 0.15) is 0 Å². The van der Waals surface area contributed by atoms with Gasteiger partial charge in [-0.2, -0.15) is 0 Å². The van der Waals surface area contributed by atoms with Gasteiger partial charge in [-0.25, -0.2) is 0 Å². The molecule has 1 N–H and O–H groups in total. The zero-order valence-corrected chi connectivity index (χ0v) is 15.3. The normalized spacial score (nSPS) is 11.8. The molecule has 0 atom stereocenters. The molecule has 1 rings (SSSR count). The van der Waals surface area contributed by atoms with E-state index in [1.807, 2.05) is 20.8 Å². The number of benzene rings is 1. The van der Waals surface area contributed by atoms with Crippen molar-refractivity contribution in [3.05, 3.63) is 35.9 Å². The quantitative estimate of drug-likeness (QED) is 0.446. The van der Waals surface area contributed by atoms with Crippen LogP contribution < -0.4 is 5.32 Å². The Morgan fingerprint density at radius 2 is 1.45 bits per heavy atom. The molecule has 0 aromatic heterocycles. The van der Waals surface area contributed by atoms with Crippen molar-refractivity contribution in [3.8, 4) is 0 Å². The lowest BCUT2D eigenvalue weighted by molar-refractivity contribution is 0.0708. The maximum Gasteiger partial charge on any atom is 0.500 e. The first kappa shape index (κ1) is 19.3. The molecule has 0 fully saturated rings. The Morgan fingerprint density at radius 1 is 0.864 bits per heavy atom. The van der Waals surface area contributed by atoms with Gasteiger partial charge >= 0.3 is 8.80 Å². The molecule has 1 aromatic carbocycles. The standard InChI is InChI=1S/C17H31NO3Si/c1-4-19-22(20-5-2,21-6-3)16-10-14-18-15-13-17-11-8-7-9-12-17/h7-9,11-12,18H,4-6,10,13-16H2,1-3H3. The van der Waals surface area contributed by atoms with Crippen molar-refractivity contribution in [2.24, 2.45) is 0 Å². The molecule has 0 aliphatic heterocycles. The smallest absolute Gasteiger partial charge is 0.374 e. The fourth-order valence-electron chi connectivity index (χ4n) is 2.43. The molecule has 126 valence electrons. The van der Waals surface area contributed by atoms with Gasteiger partial charge in [0, 0.05) is 25.9 Å². The highest BCUT2D eigenvalue weighted by molar-refractivity contribution is 6.60. The first-order valence-corrected chi connectivity index (χ1v) is 10.4. The molecule has 0 heterocycles. The van der Waals surface area contributed by atoms with Crippen LogP contribution in [0.4, 0.5) is 0 Å². The summed E-state index contributed by atoms with van der Waals surface area (Å²) in [6, 6.07) is 11.4. The third-order valence-corrected chi connectivity index (χ3v) is 6.51. The van der Waals surface area contributed by atoms with Gasteiger partial charge in [-0.1, -0.05) is 30.3 Å². The maximum absolute atomic E-state index is 5.85. The summed E-state index contributed by atoms with van der Waals surface area (Å²) < 4.78 is 17.6. The lowest BCUT2D eigenvalue weighted by Crippen LogP contribution is -2.46. The lowest BCUT2D eigenvalue weighted by atomic mass is 10.1. The molecule has 0 radical (unpaired) electrons. The van der Waals surface area contributed by atoms with Gasteiger partial charge in [-0.3, -0.25) is 0 Å². The van der Waals surface area contributed by atoms with Crippen molar-refractivity contribution >= 4 is 8.80 Å². The van der Waals surface area contributed by atoms with E-state index < -0.39 is 8.80 Å². The van der Waals surface area contributed by atoms with Gasteiger partial charge in [0.05, 0.1) is 0 Å². The monoisotopic (exact) mass is 325 g/mol. The van der Waals surface area contributed by atoms with Gasteiger partial charge < -0.3 is 18.6 Å². The molecule has 0 unspecified atom stereocenters. The Bertz CT molecular complexity index is 358. The van der Waals surface area contributed by atoms with Gasteiger partial charge in [0.15, 0.2) is 0 Å². The van der Waals surface area contributed by atoms with Crippen LogP contribution in [0.25, 0.3) is 0 Å². The molecule has 1 aromatic rings. The largest absolute Gasteiger partial charge is 0.500 e.